The highest BCUT2D eigenvalue weighted by atomic mass is 16.5. The van der Waals surface area contributed by atoms with Crippen LogP contribution in [0.15, 0.2) is 42.5 Å². The van der Waals surface area contributed by atoms with Gasteiger partial charge in [-0.3, -0.25) is 0 Å². The van der Waals surface area contributed by atoms with Crippen molar-refractivity contribution in [1.82, 2.24) is 5.32 Å². The van der Waals surface area contributed by atoms with Crippen LogP contribution in [0.5, 0.6) is 5.75 Å². The van der Waals surface area contributed by atoms with Gasteiger partial charge in [-0.15, -0.1) is 0 Å². The van der Waals surface area contributed by atoms with E-state index in [9.17, 15) is 0 Å². The van der Waals surface area contributed by atoms with Crippen LogP contribution in [-0.2, 0) is 19.7 Å². The van der Waals surface area contributed by atoms with E-state index in [1.807, 2.05) is 36.4 Å². The van der Waals surface area contributed by atoms with E-state index in [-0.39, 0.29) is 6.61 Å². The van der Waals surface area contributed by atoms with Gasteiger partial charge in [0, 0.05) is 13.1 Å². The molecule has 0 fully saturated rings. The lowest BCUT2D eigenvalue weighted by Crippen LogP contribution is -2.13. The number of aliphatic hydroxyl groups excluding tert-OH is 1. The van der Waals surface area contributed by atoms with E-state index in [1.165, 1.54) is 0 Å². The van der Waals surface area contributed by atoms with Gasteiger partial charge in [-0.05, 0) is 28.8 Å². The van der Waals surface area contributed by atoms with Crippen molar-refractivity contribution in [1.29, 1.82) is 5.26 Å². The molecule has 0 aliphatic rings. The molecule has 0 atom stereocenters. The lowest BCUT2D eigenvalue weighted by Gasteiger charge is -2.08. The van der Waals surface area contributed by atoms with Crippen LogP contribution in [0.1, 0.15) is 22.3 Å². The summed E-state index contributed by atoms with van der Waals surface area (Å²) in [5, 5.41) is 21.4. The molecule has 2 N–H and O–H groups in total. The van der Waals surface area contributed by atoms with Crippen molar-refractivity contribution in [3.8, 4) is 11.8 Å². The van der Waals surface area contributed by atoms with Gasteiger partial charge < -0.3 is 15.2 Å². The monoisotopic (exact) mass is 282 g/mol. The summed E-state index contributed by atoms with van der Waals surface area (Å²) in [7, 11) is 1.56. The van der Waals surface area contributed by atoms with Crippen molar-refractivity contribution in [3.05, 3.63) is 64.7 Å². The molecule has 0 aromatic heterocycles. The molecule has 0 unspecified atom stereocenters. The molecule has 2 rings (SSSR count). The quantitative estimate of drug-likeness (QED) is 0.853. The Labute approximate surface area is 124 Å². The van der Waals surface area contributed by atoms with Gasteiger partial charge in [-0.2, -0.15) is 5.26 Å². The van der Waals surface area contributed by atoms with Crippen LogP contribution in [0, 0.1) is 11.3 Å². The van der Waals surface area contributed by atoms with Gasteiger partial charge in [-0.1, -0.05) is 30.3 Å². The minimum Gasteiger partial charge on any atom is -0.495 e. The fourth-order valence-electron chi connectivity index (χ4n) is 2.13. The third kappa shape index (κ3) is 4.06. The van der Waals surface area contributed by atoms with Gasteiger partial charge in [0.2, 0.25) is 0 Å². The van der Waals surface area contributed by atoms with Crippen molar-refractivity contribution in [3.63, 3.8) is 0 Å². The Balaban J connectivity index is 1.95. The van der Waals surface area contributed by atoms with Crippen molar-refractivity contribution in [2.75, 3.05) is 7.11 Å². The third-order valence-corrected chi connectivity index (χ3v) is 3.22. The molecule has 0 heterocycles. The average Bonchev–Trinajstić information content (AvgIpc) is 2.55. The van der Waals surface area contributed by atoms with Crippen LogP contribution < -0.4 is 10.1 Å². The SMILES string of the molecule is COc1cc(CNCc2cccc(CO)c2)ccc1C#N. The van der Waals surface area contributed by atoms with Gasteiger partial charge >= 0.3 is 0 Å². The standard InChI is InChI=1S/C17H18N2O2/c1-21-17-8-14(5-6-16(17)9-18)11-19-10-13-3-2-4-15(7-13)12-20/h2-8,19-20H,10-12H2,1H3. The number of ether oxygens (including phenoxy) is 1. The van der Waals surface area contributed by atoms with E-state index < -0.39 is 0 Å². The third-order valence-electron chi connectivity index (χ3n) is 3.22. The molecule has 2 aromatic rings. The largest absolute Gasteiger partial charge is 0.495 e. The summed E-state index contributed by atoms with van der Waals surface area (Å²) in [6.45, 7) is 1.46. The first-order valence-electron chi connectivity index (χ1n) is 6.73. The summed E-state index contributed by atoms with van der Waals surface area (Å²) >= 11 is 0. The second kappa shape index (κ2) is 7.44. The molecule has 0 radical (unpaired) electrons. The summed E-state index contributed by atoms with van der Waals surface area (Å²) in [5.41, 5.74) is 3.64. The zero-order valence-corrected chi connectivity index (χ0v) is 12.0. The van der Waals surface area contributed by atoms with E-state index in [0.717, 1.165) is 23.2 Å². The normalized spacial score (nSPS) is 10.1. The molecule has 0 aliphatic carbocycles. The maximum atomic E-state index is 9.11. The number of hydrogen-bond acceptors (Lipinski definition) is 4. The molecular formula is C17H18N2O2. The van der Waals surface area contributed by atoms with E-state index in [2.05, 4.69) is 11.4 Å². The Morgan fingerprint density at radius 1 is 1.10 bits per heavy atom. The molecule has 0 saturated carbocycles. The maximum absolute atomic E-state index is 9.11. The maximum Gasteiger partial charge on any atom is 0.136 e. The number of rotatable bonds is 6. The number of nitriles is 1. The fourth-order valence-corrected chi connectivity index (χ4v) is 2.13. The van der Waals surface area contributed by atoms with Gasteiger partial charge in [0.15, 0.2) is 0 Å². The molecule has 4 nitrogen and oxygen atoms in total. The Morgan fingerprint density at radius 3 is 2.48 bits per heavy atom. The van der Waals surface area contributed by atoms with E-state index in [1.54, 1.807) is 13.2 Å². The molecule has 0 bridgehead atoms. The second-order valence-electron chi connectivity index (χ2n) is 4.73. The molecule has 0 amide bonds. The molecule has 0 spiro atoms. The van der Waals surface area contributed by atoms with Gasteiger partial charge in [0.1, 0.15) is 11.8 Å². The average molecular weight is 282 g/mol. The smallest absolute Gasteiger partial charge is 0.136 e. The topological polar surface area (TPSA) is 65.3 Å². The second-order valence-corrected chi connectivity index (χ2v) is 4.73. The summed E-state index contributed by atoms with van der Waals surface area (Å²) in [5.74, 6) is 0.596. The highest BCUT2D eigenvalue weighted by Crippen LogP contribution is 2.19. The first kappa shape index (κ1) is 15.0. The fraction of sp³-hybridized carbons (Fsp3) is 0.235. The highest BCUT2D eigenvalue weighted by Gasteiger charge is 2.03. The molecular weight excluding hydrogens is 264 g/mol. The minimum absolute atomic E-state index is 0.0562. The lowest BCUT2D eigenvalue weighted by atomic mass is 10.1. The first-order valence-corrected chi connectivity index (χ1v) is 6.73. The van der Waals surface area contributed by atoms with Crippen LogP contribution in [0.4, 0.5) is 0 Å². The number of nitrogens with zero attached hydrogens (tertiary/aromatic N) is 1. The van der Waals surface area contributed by atoms with Gasteiger partial charge in [-0.25, -0.2) is 0 Å². The summed E-state index contributed by atoms with van der Waals surface area (Å²) in [4.78, 5) is 0. The van der Waals surface area contributed by atoms with Crippen molar-refractivity contribution < 1.29 is 9.84 Å². The van der Waals surface area contributed by atoms with E-state index >= 15 is 0 Å². The zero-order valence-electron chi connectivity index (χ0n) is 12.0. The van der Waals surface area contributed by atoms with Gasteiger partial charge in [0.05, 0.1) is 19.3 Å². The summed E-state index contributed by atoms with van der Waals surface area (Å²) in [6.07, 6.45) is 0. The Kier molecular flexibility index (Phi) is 5.33. The zero-order chi connectivity index (χ0) is 15.1. The molecule has 21 heavy (non-hydrogen) atoms. The Bertz CT molecular complexity index is 647. The Morgan fingerprint density at radius 2 is 1.81 bits per heavy atom. The number of hydrogen-bond donors (Lipinski definition) is 2. The molecule has 0 aliphatic heterocycles. The highest BCUT2D eigenvalue weighted by molar-refractivity contribution is 5.45. The van der Waals surface area contributed by atoms with Crippen LogP contribution >= 0.6 is 0 Å². The molecule has 108 valence electrons. The van der Waals surface area contributed by atoms with Crippen LogP contribution in [-0.4, -0.2) is 12.2 Å². The predicted molar refractivity (Wildman–Crippen MR) is 80.6 cm³/mol. The van der Waals surface area contributed by atoms with Crippen molar-refractivity contribution in [2.45, 2.75) is 19.7 Å². The van der Waals surface area contributed by atoms with Gasteiger partial charge in [0.25, 0.3) is 0 Å². The number of nitrogens with one attached hydrogen (secondary N) is 1. The minimum atomic E-state index is 0.0562. The summed E-state index contributed by atoms with van der Waals surface area (Å²) in [6, 6.07) is 15.5. The summed E-state index contributed by atoms with van der Waals surface area (Å²) < 4.78 is 5.19. The van der Waals surface area contributed by atoms with Crippen LogP contribution in [0.25, 0.3) is 0 Å². The number of methoxy groups -OCH3 is 1. The lowest BCUT2D eigenvalue weighted by molar-refractivity contribution is 0.281. The first-order chi connectivity index (χ1) is 10.3. The number of aliphatic hydroxyl groups is 1. The number of benzene rings is 2. The predicted octanol–water partition coefficient (Wildman–Crippen LogP) is 2.35. The van der Waals surface area contributed by atoms with Crippen molar-refractivity contribution in [2.24, 2.45) is 0 Å². The molecule has 0 saturated heterocycles. The Hall–Kier alpha value is -2.35. The molecule has 2 aromatic carbocycles. The van der Waals surface area contributed by atoms with E-state index in [0.29, 0.717) is 17.9 Å². The molecule has 4 heteroatoms. The van der Waals surface area contributed by atoms with Crippen molar-refractivity contribution >= 4 is 0 Å². The van der Waals surface area contributed by atoms with Crippen LogP contribution in [0.3, 0.4) is 0 Å². The van der Waals surface area contributed by atoms with E-state index in [4.69, 9.17) is 15.1 Å². The van der Waals surface area contributed by atoms with Crippen LogP contribution in [0.2, 0.25) is 0 Å².